The number of ether oxygens (including phenoxy) is 2. The molecule has 2 aliphatic heterocycles. The predicted molar refractivity (Wildman–Crippen MR) is 215 cm³/mol. The van der Waals surface area contributed by atoms with Gasteiger partial charge in [-0.25, -0.2) is 14.6 Å². The molecule has 0 aliphatic carbocycles. The van der Waals surface area contributed by atoms with Crippen molar-refractivity contribution in [2.24, 2.45) is 11.8 Å². The Bertz CT molecular complexity index is 2090. The maximum Gasteiger partial charge on any atom is 0.407 e. The molecule has 4 N–H and O–H groups in total. The van der Waals surface area contributed by atoms with Crippen LogP contribution in [0.5, 0.6) is 0 Å². The van der Waals surface area contributed by atoms with E-state index in [1.54, 1.807) is 0 Å². The SMILES string of the molecule is COC(=O)N[C@H](C(=O)N1CCC[C@H]1c1cc2ccc(-c3ccc(-c4ccc5nc([C@@H]6CCCN6C(=O)[C@@H](NC(=O)OC)C(C)C)[nH]c5c4)cc3)cc2[nH]1)C(C)C. The molecule has 13 nitrogen and oxygen atoms in total. The highest BCUT2D eigenvalue weighted by Gasteiger charge is 2.38. The molecule has 4 heterocycles. The third-order valence-corrected chi connectivity index (χ3v) is 11.2. The van der Waals surface area contributed by atoms with Crippen molar-refractivity contribution in [1.29, 1.82) is 0 Å². The number of methoxy groups -OCH3 is 2. The lowest BCUT2D eigenvalue weighted by molar-refractivity contribution is -0.136. The normalized spacial score (nSPS) is 18.1. The van der Waals surface area contributed by atoms with Gasteiger partial charge in [-0.1, -0.05) is 70.2 Å². The fourth-order valence-corrected chi connectivity index (χ4v) is 8.16. The van der Waals surface area contributed by atoms with E-state index in [2.05, 4.69) is 81.3 Å². The first kappa shape index (κ1) is 38.4. The zero-order chi connectivity index (χ0) is 39.7. The molecule has 2 aromatic heterocycles. The standard InChI is InChI=1S/C43H51N7O6/c1-24(2)37(47-42(53)55-5)40(51)49-19-7-9-35(49)34-23-30-16-15-28(21-32(30)44-34)26-11-13-27(14-12-26)29-17-18-31-33(22-29)46-39(45-31)36-10-8-20-50(36)41(52)38(25(3)4)48-43(54)56-6/h11-18,21-25,35-38,44H,7-10,19-20H2,1-6H3,(H,45,46)(H,47,53)(H,48,54)/t35-,36-,37-,38-/m0/s1. The lowest BCUT2D eigenvalue weighted by Gasteiger charge is -2.30. The van der Waals surface area contributed by atoms with Gasteiger partial charge in [0.25, 0.3) is 0 Å². The number of carbonyl (C=O) groups excluding carboxylic acids is 4. The van der Waals surface area contributed by atoms with E-state index >= 15 is 0 Å². The average Bonchev–Trinajstić information content (AvgIpc) is 4.03. The van der Waals surface area contributed by atoms with Crippen LogP contribution in [-0.2, 0) is 19.1 Å². The molecule has 2 aliphatic rings. The van der Waals surface area contributed by atoms with Gasteiger partial charge in [-0.3, -0.25) is 9.59 Å². The van der Waals surface area contributed by atoms with Crippen molar-refractivity contribution in [3.63, 3.8) is 0 Å². The van der Waals surface area contributed by atoms with Crippen LogP contribution in [0.3, 0.4) is 0 Å². The summed E-state index contributed by atoms with van der Waals surface area (Å²) >= 11 is 0. The number of aromatic nitrogens is 3. The van der Waals surface area contributed by atoms with Gasteiger partial charge >= 0.3 is 12.2 Å². The number of nitrogens with one attached hydrogen (secondary N) is 4. The number of alkyl carbamates (subject to hydrolysis) is 2. The van der Waals surface area contributed by atoms with Crippen LogP contribution in [0.2, 0.25) is 0 Å². The van der Waals surface area contributed by atoms with E-state index in [0.29, 0.717) is 13.1 Å². The second-order valence-corrected chi connectivity index (χ2v) is 15.6. The molecule has 2 saturated heterocycles. The number of benzene rings is 3. The fraction of sp³-hybridized carbons (Fsp3) is 0.419. The zero-order valence-corrected chi connectivity index (χ0v) is 32.8. The van der Waals surface area contributed by atoms with E-state index in [-0.39, 0.29) is 35.7 Å². The monoisotopic (exact) mass is 761 g/mol. The Morgan fingerprint density at radius 3 is 1.71 bits per heavy atom. The van der Waals surface area contributed by atoms with Crippen molar-refractivity contribution in [1.82, 2.24) is 35.4 Å². The number of carbonyl (C=O) groups is 4. The van der Waals surface area contributed by atoms with Gasteiger partial charge in [-0.15, -0.1) is 0 Å². The van der Waals surface area contributed by atoms with Gasteiger partial charge < -0.3 is 39.9 Å². The minimum atomic E-state index is -0.689. The molecular weight excluding hydrogens is 711 g/mol. The number of H-pyrrole nitrogens is 2. The van der Waals surface area contributed by atoms with Crippen molar-refractivity contribution in [2.45, 2.75) is 77.5 Å². The molecule has 7 rings (SSSR count). The fourth-order valence-electron chi connectivity index (χ4n) is 8.16. The Labute approximate surface area is 326 Å². The molecule has 3 aromatic carbocycles. The average molecular weight is 762 g/mol. The Kier molecular flexibility index (Phi) is 11.0. The Morgan fingerprint density at radius 1 is 0.661 bits per heavy atom. The number of likely N-dealkylation sites (tertiary alicyclic amines) is 2. The quantitative estimate of drug-likeness (QED) is 0.115. The highest BCUT2D eigenvalue weighted by Crippen LogP contribution is 2.37. The summed E-state index contributed by atoms with van der Waals surface area (Å²) in [5.74, 6) is 0.312. The number of fused-ring (bicyclic) bond motifs is 2. The van der Waals surface area contributed by atoms with E-state index in [4.69, 9.17) is 14.5 Å². The molecule has 2 fully saturated rings. The largest absolute Gasteiger partial charge is 0.453 e. The first-order valence-electron chi connectivity index (χ1n) is 19.5. The molecule has 0 bridgehead atoms. The van der Waals surface area contributed by atoms with Gasteiger partial charge in [0.2, 0.25) is 11.8 Å². The van der Waals surface area contributed by atoms with Crippen molar-refractivity contribution >= 4 is 45.9 Å². The van der Waals surface area contributed by atoms with Gasteiger partial charge in [0, 0.05) is 24.3 Å². The second kappa shape index (κ2) is 16.1. The number of hydrogen-bond acceptors (Lipinski definition) is 7. The maximum atomic E-state index is 13.6. The lowest BCUT2D eigenvalue weighted by atomic mass is 9.99. The second-order valence-electron chi connectivity index (χ2n) is 15.6. The third kappa shape index (κ3) is 7.67. The highest BCUT2D eigenvalue weighted by molar-refractivity contribution is 5.89. The van der Waals surface area contributed by atoms with Crippen molar-refractivity contribution in [3.05, 3.63) is 78.2 Å². The first-order valence-corrected chi connectivity index (χ1v) is 19.5. The summed E-state index contributed by atoms with van der Waals surface area (Å²) in [5.41, 5.74) is 7.96. The number of amides is 4. The van der Waals surface area contributed by atoms with Crippen molar-refractivity contribution in [2.75, 3.05) is 27.3 Å². The van der Waals surface area contributed by atoms with E-state index in [1.807, 2.05) is 43.6 Å². The Hall–Kier alpha value is -5.85. The van der Waals surface area contributed by atoms with E-state index in [9.17, 15) is 19.2 Å². The summed E-state index contributed by atoms with van der Waals surface area (Å²) < 4.78 is 9.55. The maximum absolute atomic E-state index is 13.6. The summed E-state index contributed by atoms with van der Waals surface area (Å²) in [6.07, 6.45) is 2.13. The van der Waals surface area contributed by atoms with E-state index in [0.717, 1.165) is 81.4 Å². The molecule has 0 radical (unpaired) electrons. The highest BCUT2D eigenvalue weighted by atomic mass is 16.5. The van der Waals surface area contributed by atoms with Crippen LogP contribution in [-0.4, -0.2) is 88.1 Å². The summed E-state index contributed by atoms with van der Waals surface area (Å²) in [5, 5.41) is 6.50. The molecule has 0 spiro atoms. The smallest absolute Gasteiger partial charge is 0.407 e. The lowest BCUT2D eigenvalue weighted by Crippen LogP contribution is -2.51. The predicted octanol–water partition coefficient (Wildman–Crippen LogP) is 7.47. The number of rotatable bonds is 10. The van der Waals surface area contributed by atoms with Gasteiger partial charge in [0.05, 0.1) is 37.3 Å². The summed E-state index contributed by atoms with van der Waals surface area (Å²) in [7, 11) is 2.60. The summed E-state index contributed by atoms with van der Waals surface area (Å²) in [4.78, 5) is 66.9. The van der Waals surface area contributed by atoms with Gasteiger partial charge in [0.1, 0.15) is 17.9 Å². The first-order chi connectivity index (χ1) is 26.9. The van der Waals surface area contributed by atoms with Gasteiger partial charge in [-0.05, 0) is 89.4 Å². The van der Waals surface area contributed by atoms with Gasteiger partial charge in [0.15, 0.2) is 0 Å². The Morgan fingerprint density at radius 2 is 1.16 bits per heavy atom. The van der Waals surface area contributed by atoms with Crippen LogP contribution in [0.4, 0.5) is 9.59 Å². The molecule has 5 aromatic rings. The van der Waals surface area contributed by atoms with Crippen LogP contribution in [0.15, 0.2) is 66.7 Å². The molecule has 0 unspecified atom stereocenters. The summed E-state index contributed by atoms with van der Waals surface area (Å²) in [6, 6.07) is 21.5. The topological polar surface area (TPSA) is 162 Å². The minimum absolute atomic E-state index is 0.0878. The van der Waals surface area contributed by atoms with Crippen molar-refractivity contribution < 1.29 is 28.7 Å². The van der Waals surface area contributed by atoms with E-state index in [1.165, 1.54) is 14.2 Å². The Balaban J connectivity index is 1.06. The molecule has 4 amide bonds. The zero-order valence-electron chi connectivity index (χ0n) is 32.8. The van der Waals surface area contributed by atoms with Crippen LogP contribution in [0.1, 0.15) is 77.0 Å². The minimum Gasteiger partial charge on any atom is -0.453 e. The third-order valence-electron chi connectivity index (χ3n) is 11.2. The molecule has 294 valence electrons. The molecular formula is C43H51N7O6. The molecule has 56 heavy (non-hydrogen) atoms. The van der Waals surface area contributed by atoms with Crippen LogP contribution < -0.4 is 10.6 Å². The summed E-state index contributed by atoms with van der Waals surface area (Å²) in [6.45, 7) is 8.88. The molecule has 4 atom stereocenters. The van der Waals surface area contributed by atoms with Gasteiger partial charge in [-0.2, -0.15) is 0 Å². The number of nitrogens with zero attached hydrogens (tertiary/aromatic N) is 3. The molecule has 13 heteroatoms. The number of hydrogen-bond donors (Lipinski definition) is 4. The van der Waals surface area contributed by atoms with Crippen molar-refractivity contribution in [3.8, 4) is 22.3 Å². The molecule has 0 saturated carbocycles. The van der Waals surface area contributed by atoms with E-state index < -0.39 is 24.3 Å². The van der Waals surface area contributed by atoms with Crippen LogP contribution >= 0.6 is 0 Å². The van der Waals surface area contributed by atoms with Crippen LogP contribution in [0, 0.1) is 11.8 Å². The number of aromatic amines is 2. The number of imidazole rings is 1. The van der Waals surface area contributed by atoms with Crippen LogP contribution in [0.25, 0.3) is 44.2 Å².